The zero-order valence-electron chi connectivity index (χ0n) is 11.0. The van der Waals surface area contributed by atoms with Gasteiger partial charge in [0.15, 0.2) is 11.6 Å². The molecule has 2 aromatic rings. The summed E-state index contributed by atoms with van der Waals surface area (Å²) >= 11 is 0. The Kier molecular flexibility index (Phi) is 4.85. The minimum atomic E-state index is -1.06. The maximum Gasteiger partial charge on any atom is 0.200 e. The highest BCUT2D eigenvalue weighted by Gasteiger charge is 2.10. The van der Waals surface area contributed by atoms with E-state index in [0.29, 0.717) is 11.1 Å². The van der Waals surface area contributed by atoms with Crippen LogP contribution in [-0.4, -0.2) is 6.54 Å². The van der Waals surface area contributed by atoms with E-state index >= 15 is 0 Å². The largest absolute Gasteiger partial charge is 0.486 e. The van der Waals surface area contributed by atoms with Crippen molar-refractivity contribution in [1.29, 1.82) is 0 Å². The summed E-state index contributed by atoms with van der Waals surface area (Å²) in [5.74, 6) is 2.62. The maximum absolute atomic E-state index is 13.5. The van der Waals surface area contributed by atoms with Crippen molar-refractivity contribution < 1.29 is 17.9 Å². The summed E-state index contributed by atoms with van der Waals surface area (Å²) in [5.41, 5.74) is 6.23. The number of benzene rings is 2. The van der Waals surface area contributed by atoms with E-state index in [9.17, 15) is 13.2 Å². The Morgan fingerprint density at radius 2 is 1.90 bits per heavy atom. The maximum atomic E-state index is 13.5. The first-order chi connectivity index (χ1) is 10.1. The molecule has 21 heavy (non-hydrogen) atoms. The Morgan fingerprint density at radius 3 is 2.67 bits per heavy atom. The number of nitrogens with two attached hydrogens (primary N) is 1. The number of halogens is 3. The Balaban J connectivity index is 2.22. The molecule has 2 rings (SSSR count). The SMILES string of the molecule is NCC#Cc1cc(F)ccc1COc1cccc(F)c1F. The molecule has 0 spiro atoms. The van der Waals surface area contributed by atoms with E-state index in [1.54, 1.807) is 0 Å². The average molecular weight is 291 g/mol. The number of rotatable bonds is 3. The lowest BCUT2D eigenvalue weighted by Crippen LogP contribution is -2.02. The molecule has 0 aromatic heterocycles. The summed E-state index contributed by atoms with van der Waals surface area (Å²) < 4.78 is 45.0. The van der Waals surface area contributed by atoms with E-state index in [2.05, 4.69) is 11.8 Å². The van der Waals surface area contributed by atoms with Gasteiger partial charge in [-0.2, -0.15) is 4.39 Å². The highest BCUT2D eigenvalue weighted by Crippen LogP contribution is 2.21. The monoisotopic (exact) mass is 291 g/mol. The molecule has 2 N–H and O–H groups in total. The van der Waals surface area contributed by atoms with Crippen LogP contribution >= 0.6 is 0 Å². The molecular weight excluding hydrogens is 279 g/mol. The molecule has 5 heteroatoms. The summed E-state index contributed by atoms with van der Waals surface area (Å²) in [5, 5.41) is 0. The van der Waals surface area contributed by atoms with E-state index < -0.39 is 17.5 Å². The fourth-order valence-corrected chi connectivity index (χ4v) is 1.69. The van der Waals surface area contributed by atoms with Gasteiger partial charge in [0.05, 0.1) is 6.54 Å². The van der Waals surface area contributed by atoms with Gasteiger partial charge in [0.1, 0.15) is 12.4 Å². The normalized spacial score (nSPS) is 9.90. The molecule has 0 saturated carbocycles. The number of hydrogen-bond acceptors (Lipinski definition) is 2. The predicted molar refractivity (Wildman–Crippen MR) is 73.0 cm³/mol. The van der Waals surface area contributed by atoms with Crippen molar-refractivity contribution in [2.24, 2.45) is 5.73 Å². The minimum Gasteiger partial charge on any atom is -0.486 e. The highest BCUT2D eigenvalue weighted by atomic mass is 19.2. The zero-order chi connectivity index (χ0) is 15.2. The van der Waals surface area contributed by atoms with Gasteiger partial charge in [0.2, 0.25) is 5.82 Å². The van der Waals surface area contributed by atoms with Gasteiger partial charge in [0.25, 0.3) is 0 Å². The van der Waals surface area contributed by atoms with Gasteiger partial charge < -0.3 is 10.5 Å². The van der Waals surface area contributed by atoms with E-state index in [-0.39, 0.29) is 18.9 Å². The molecule has 0 radical (unpaired) electrons. The van der Waals surface area contributed by atoms with E-state index in [0.717, 1.165) is 6.07 Å². The smallest absolute Gasteiger partial charge is 0.200 e. The standard InChI is InChI=1S/C16H12F3NO/c17-13-7-6-12(11(9-13)3-2-8-20)10-21-15-5-1-4-14(18)16(15)19/h1,4-7,9H,8,10,20H2. The molecule has 0 heterocycles. The molecule has 0 bridgehead atoms. The molecule has 0 unspecified atom stereocenters. The molecule has 0 amide bonds. The van der Waals surface area contributed by atoms with Crippen LogP contribution in [0.25, 0.3) is 0 Å². The molecule has 0 aliphatic carbocycles. The van der Waals surface area contributed by atoms with Gasteiger partial charge in [-0.3, -0.25) is 0 Å². The van der Waals surface area contributed by atoms with E-state index in [1.165, 1.54) is 30.3 Å². The van der Waals surface area contributed by atoms with Crippen LogP contribution < -0.4 is 10.5 Å². The van der Waals surface area contributed by atoms with Crippen LogP contribution in [0.4, 0.5) is 13.2 Å². The second kappa shape index (κ2) is 6.82. The second-order valence-electron chi connectivity index (χ2n) is 4.15. The van der Waals surface area contributed by atoms with Crippen LogP contribution in [-0.2, 0) is 6.61 Å². The Labute approximate surface area is 120 Å². The fraction of sp³-hybridized carbons (Fsp3) is 0.125. The third-order valence-corrected chi connectivity index (χ3v) is 2.70. The lowest BCUT2D eigenvalue weighted by Gasteiger charge is -2.09. The molecule has 0 saturated heterocycles. The molecule has 0 atom stereocenters. The quantitative estimate of drug-likeness (QED) is 0.882. The van der Waals surface area contributed by atoms with Crippen molar-refractivity contribution in [3.63, 3.8) is 0 Å². The summed E-state index contributed by atoms with van der Waals surface area (Å²) in [6, 6.07) is 7.61. The lowest BCUT2D eigenvalue weighted by molar-refractivity contribution is 0.284. The van der Waals surface area contributed by atoms with Gasteiger partial charge in [-0.05, 0) is 24.3 Å². The van der Waals surface area contributed by atoms with E-state index in [1.807, 2.05) is 0 Å². The molecule has 108 valence electrons. The molecule has 2 aromatic carbocycles. The van der Waals surface area contributed by atoms with E-state index in [4.69, 9.17) is 10.5 Å². The summed E-state index contributed by atoms with van der Waals surface area (Å²) in [4.78, 5) is 0. The van der Waals surface area contributed by atoms with Crippen molar-refractivity contribution in [1.82, 2.24) is 0 Å². The van der Waals surface area contributed by atoms with Crippen molar-refractivity contribution in [2.75, 3.05) is 6.54 Å². The predicted octanol–water partition coefficient (Wildman–Crippen LogP) is 2.99. The topological polar surface area (TPSA) is 35.2 Å². The Morgan fingerprint density at radius 1 is 1.10 bits per heavy atom. The molecular formula is C16H12F3NO. The zero-order valence-corrected chi connectivity index (χ0v) is 11.0. The number of ether oxygens (including phenoxy) is 1. The summed E-state index contributed by atoms with van der Waals surface area (Å²) in [7, 11) is 0. The van der Waals surface area contributed by atoms with Gasteiger partial charge in [-0.25, -0.2) is 8.78 Å². The second-order valence-corrected chi connectivity index (χ2v) is 4.15. The Bertz CT molecular complexity index is 704. The highest BCUT2D eigenvalue weighted by molar-refractivity contribution is 5.42. The molecule has 0 aliphatic heterocycles. The van der Waals surface area contributed by atoms with Crippen LogP contribution in [0.5, 0.6) is 5.75 Å². The first kappa shape index (κ1) is 14.9. The average Bonchev–Trinajstić information content (AvgIpc) is 2.48. The lowest BCUT2D eigenvalue weighted by atomic mass is 10.1. The van der Waals surface area contributed by atoms with Crippen molar-refractivity contribution in [3.05, 3.63) is 65.0 Å². The molecule has 0 fully saturated rings. The van der Waals surface area contributed by atoms with Gasteiger partial charge >= 0.3 is 0 Å². The van der Waals surface area contributed by atoms with Crippen molar-refractivity contribution >= 4 is 0 Å². The van der Waals surface area contributed by atoms with Gasteiger partial charge in [-0.15, -0.1) is 0 Å². The summed E-state index contributed by atoms with van der Waals surface area (Å²) in [6.07, 6.45) is 0. The number of hydrogen-bond donors (Lipinski definition) is 1. The third-order valence-electron chi connectivity index (χ3n) is 2.70. The van der Waals surface area contributed by atoms with Gasteiger partial charge in [0, 0.05) is 11.1 Å². The molecule has 2 nitrogen and oxygen atoms in total. The van der Waals surface area contributed by atoms with Crippen LogP contribution in [0.1, 0.15) is 11.1 Å². The van der Waals surface area contributed by atoms with Crippen molar-refractivity contribution in [3.8, 4) is 17.6 Å². The van der Waals surface area contributed by atoms with Crippen LogP contribution in [0.2, 0.25) is 0 Å². The van der Waals surface area contributed by atoms with Crippen molar-refractivity contribution in [2.45, 2.75) is 6.61 Å². The fourth-order valence-electron chi connectivity index (χ4n) is 1.69. The summed E-state index contributed by atoms with van der Waals surface area (Å²) in [6.45, 7) is 0.0740. The van der Waals surface area contributed by atoms with Crippen LogP contribution in [0.3, 0.4) is 0 Å². The van der Waals surface area contributed by atoms with Gasteiger partial charge in [-0.1, -0.05) is 24.0 Å². The first-order valence-corrected chi connectivity index (χ1v) is 6.16. The van der Waals surface area contributed by atoms with Crippen LogP contribution in [0.15, 0.2) is 36.4 Å². The minimum absolute atomic E-state index is 0.0603. The third kappa shape index (κ3) is 3.77. The first-order valence-electron chi connectivity index (χ1n) is 6.16. The van der Waals surface area contributed by atoms with Crippen LogP contribution in [0, 0.1) is 29.3 Å². The Hall–Kier alpha value is -2.45. The molecule has 0 aliphatic rings.